The highest BCUT2D eigenvalue weighted by Gasteiger charge is 2.45. The highest BCUT2D eigenvalue weighted by atomic mass is 29.3. The Kier molecular flexibility index (Phi) is 6.83. The van der Waals surface area contributed by atoms with Crippen molar-refractivity contribution in [1.82, 2.24) is 0 Å². The predicted octanol–water partition coefficient (Wildman–Crippen LogP) is 5.45. The Morgan fingerprint density at radius 1 is 0.840 bits per heavy atom. The van der Waals surface area contributed by atoms with Gasteiger partial charge in [-0.1, -0.05) is 85.9 Å². The predicted molar refractivity (Wildman–Crippen MR) is 114 cm³/mol. The normalized spacial score (nSPS) is 13.0. The molecule has 2 aromatic rings. The molecule has 2 rings (SSSR count). The fourth-order valence-electron chi connectivity index (χ4n) is 2.89. The van der Waals surface area contributed by atoms with Crippen molar-refractivity contribution in [1.29, 1.82) is 0 Å². The van der Waals surface area contributed by atoms with Crippen molar-refractivity contribution >= 4 is 20.6 Å². The standard InChI is InChI=1S/C22H30OSi2/c1-6-7-10-19-22(20-15-11-8-12-16-20)23-25(4,5)24(2,3)21-17-13-9-14-18-21/h8-9,11-18,22H,6,19H2,1-5H3. The Hall–Kier alpha value is -1.61. The van der Waals surface area contributed by atoms with E-state index in [9.17, 15) is 0 Å². The molecule has 0 spiro atoms. The minimum absolute atomic E-state index is 0.0670. The molecule has 0 aliphatic heterocycles. The van der Waals surface area contributed by atoms with Gasteiger partial charge in [-0.3, -0.25) is 0 Å². The molecule has 0 heterocycles. The van der Waals surface area contributed by atoms with E-state index >= 15 is 0 Å². The molecular weight excluding hydrogens is 336 g/mol. The Labute approximate surface area is 155 Å². The lowest BCUT2D eigenvalue weighted by atomic mass is 10.1. The van der Waals surface area contributed by atoms with Crippen LogP contribution in [0, 0.1) is 11.8 Å². The zero-order chi connectivity index (χ0) is 18.3. The lowest BCUT2D eigenvalue weighted by Gasteiger charge is -2.40. The van der Waals surface area contributed by atoms with Crippen molar-refractivity contribution in [2.45, 2.75) is 52.1 Å². The highest BCUT2D eigenvalue weighted by Crippen LogP contribution is 2.30. The van der Waals surface area contributed by atoms with Crippen LogP contribution in [0.2, 0.25) is 26.2 Å². The first-order chi connectivity index (χ1) is 11.9. The van der Waals surface area contributed by atoms with Gasteiger partial charge in [-0.15, -0.1) is 11.8 Å². The van der Waals surface area contributed by atoms with Gasteiger partial charge in [-0.25, -0.2) is 0 Å². The summed E-state index contributed by atoms with van der Waals surface area (Å²) in [5.41, 5.74) is 1.24. The van der Waals surface area contributed by atoms with Crippen molar-refractivity contribution in [2.24, 2.45) is 0 Å². The van der Waals surface area contributed by atoms with Gasteiger partial charge in [0, 0.05) is 12.8 Å². The largest absolute Gasteiger partial charge is 0.412 e. The Morgan fingerprint density at radius 3 is 1.96 bits per heavy atom. The lowest BCUT2D eigenvalue weighted by molar-refractivity contribution is 0.209. The van der Waals surface area contributed by atoms with E-state index < -0.39 is 15.4 Å². The van der Waals surface area contributed by atoms with Crippen LogP contribution in [0.5, 0.6) is 0 Å². The van der Waals surface area contributed by atoms with E-state index in [4.69, 9.17) is 4.43 Å². The molecule has 25 heavy (non-hydrogen) atoms. The SMILES string of the molecule is CCC#CCC(O[Si](C)(C)[Si](C)(C)c1ccccc1)c1ccccc1. The maximum atomic E-state index is 6.89. The van der Waals surface area contributed by atoms with E-state index in [1.54, 1.807) is 0 Å². The van der Waals surface area contributed by atoms with Crippen LogP contribution >= 0.6 is 0 Å². The molecule has 1 atom stereocenters. The monoisotopic (exact) mass is 366 g/mol. The molecule has 0 aromatic heterocycles. The van der Waals surface area contributed by atoms with E-state index in [1.165, 1.54) is 10.8 Å². The maximum Gasteiger partial charge on any atom is 0.179 e. The van der Waals surface area contributed by atoms with Crippen molar-refractivity contribution in [3.05, 3.63) is 66.2 Å². The summed E-state index contributed by atoms with van der Waals surface area (Å²) in [7, 11) is -3.59. The van der Waals surface area contributed by atoms with Gasteiger partial charge in [0.2, 0.25) is 0 Å². The number of benzene rings is 2. The zero-order valence-corrected chi connectivity index (χ0v) is 18.2. The summed E-state index contributed by atoms with van der Waals surface area (Å²) in [5, 5.41) is 1.48. The van der Waals surface area contributed by atoms with Crippen LogP contribution in [-0.4, -0.2) is 15.4 Å². The molecule has 132 valence electrons. The Bertz CT molecular complexity index is 712. The molecule has 0 fully saturated rings. The molecule has 3 heteroatoms. The van der Waals surface area contributed by atoms with E-state index in [2.05, 4.69) is 106 Å². The van der Waals surface area contributed by atoms with Crippen LogP contribution < -0.4 is 5.19 Å². The molecule has 2 aromatic carbocycles. The smallest absolute Gasteiger partial charge is 0.179 e. The quantitative estimate of drug-likeness (QED) is 0.488. The summed E-state index contributed by atoms with van der Waals surface area (Å²) in [6.45, 7) is 11.8. The molecule has 0 saturated heterocycles. The average molecular weight is 367 g/mol. The van der Waals surface area contributed by atoms with Crippen LogP contribution in [-0.2, 0) is 4.43 Å². The van der Waals surface area contributed by atoms with Crippen LogP contribution in [0.4, 0.5) is 0 Å². The van der Waals surface area contributed by atoms with Crippen molar-refractivity contribution in [2.75, 3.05) is 0 Å². The van der Waals surface area contributed by atoms with Crippen LogP contribution in [0.15, 0.2) is 60.7 Å². The molecule has 1 unspecified atom stereocenters. The summed E-state index contributed by atoms with van der Waals surface area (Å²) in [5.74, 6) is 6.51. The molecule has 1 nitrogen and oxygen atoms in total. The molecule has 0 bridgehead atoms. The van der Waals surface area contributed by atoms with Crippen LogP contribution in [0.1, 0.15) is 31.4 Å². The van der Waals surface area contributed by atoms with E-state index in [0.717, 1.165) is 12.8 Å². The molecule has 0 aliphatic carbocycles. The van der Waals surface area contributed by atoms with Crippen LogP contribution in [0.25, 0.3) is 0 Å². The average Bonchev–Trinajstić information content (AvgIpc) is 2.62. The number of rotatable bonds is 6. The maximum absolute atomic E-state index is 6.89. The third-order valence-corrected chi connectivity index (χ3v) is 21.1. The van der Waals surface area contributed by atoms with Gasteiger partial charge in [0.05, 0.1) is 6.10 Å². The highest BCUT2D eigenvalue weighted by molar-refractivity contribution is 7.43. The number of hydrogen-bond donors (Lipinski definition) is 0. The Morgan fingerprint density at radius 2 is 1.40 bits per heavy atom. The molecule has 0 radical (unpaired) electrons. The second kappa shape index (κ2) is 8.66. The van der Waals surface area contributed by atoms with Gasteiger partial charge in [-0.2, -0.15) is 0 Å². The molecule has 0 amide bonds. The summed E-state index contributed by atoms with van der Waals surface area (Å²) in [6.07, 6.45) is 1.73. The summed E-state index contributed by atoms with van der Waals surface area (Å²) in [6, 6.07) is 21.5. The first kappa shape index (κ1) is 19.7. The molecule has 0 saturated carbocycles. The van der Waals surface area contributed by atoms with Gasteiger partial charge in [0.1, 0.15) is 7.59 Å². The van der Waals surface area contributed by atoms with Gasteiger partial charge in [0.15, 0.2) is 7.83 Å². The van der Waals surface area contributed by atoms with E-state index in [0.29, 0.717) is 0 Å². The first-order valence-electron chi connectivity index (χ1n) is 9.12. The van der Waals surface area contributed by atoms with Gasteiger partial charge in [0.25, 0.3) is 0 Å². The summed E-state index contributed by atoms with van der Waals surface area (Å²) >= 11 is 0. The Balaban J connectivity index is 2.29. The number of hydrogen-bond acceptors (Lipinski definition) is 1. The first-order valence-corrected chi connectivity index (χ1v) is 16.0. The van der Waals surface area contributed by atoms with E-state index in [-0.39, 0.29) is 6.10 Å². The van der Waals surface area contributed by atoms with Crippen LogP contribution in [0.3, 0.4) is 0 Å². The fourth-order valence-corrected chi connectivity index (χ4v) is 9.73. The zero-order valence-electron chi connectivity index (χ0n) is 16.2. The lowest BCUT2D eigenvalue weighted by Crippen LogP contribution is -2.64. The topological polar surface area (TPSA) is 9.23 Å². The minimum Gasteiger partial charge on any atom is -0.412 e. The summed E-state index contributed by atoms with van der Waals surface area (Å²) in [4.78, 5) is 0. The van der Waals surface area contributed by atoms with Crippen molar-refractivity contribution in [3.63, 3.8) is 0 Å². The second-order valence-electron chi connectivity index (χ2n) is 7.43. The third-order valence-electron chi connectivity index (χ3n) is 5.20. The van der Waals surface area contributed by atoms with Gasteiger partial charge >= 0.3 is 0 Å². The molecular formula is C22H30OSi2. The van der Waals surface area contributed by atoms with Gasteiger partial charge in [-0.05, 0) is 18.7 Å². The van der Waals surface area contributed by atoms with Crippen molar-refractivity contribution < 1.29 is 4.43 Å². The fraction of sp³-hybridized carbons (Fsp3) is 0.364. The van der Waals surface area contributed by atoms with Gasteiger partial charge < -0.3 is 4.43 Å². The minimum atomic E-state index is -1.91. The van der Waals surface area contributed by atoms with Crippen molar-refractivity contribution in [3.8, 4) is 11.8 Å². The molecule has 0 N–H and O–H groups in total. The van der Waals surface area contributed by atoms with E-state index in [1.807, 2.05) is 0 Å². The molecule has 0 aliphatic rings. The summed E-state index contributed by atoms with van der Waals surface area (Å²) < 4.78 is 6.89. The second-order valence-corrected chi connectivity index (χ2v) is 21.9. The third kappa shape index (κ3) is 4.95.